The number of nitrogens with one attached hydrogen (secondary N) is 1. The van der Waals surface area contributed by atoms with E-state index in [-0.39, 0.29) is 29.6 Å². The van der Waals surface area contributed by atoms with Gasteiger partial charge < -0.3 is 0 Å². The first-order chi connectivity index (χ1) is 12.8. The zero-order valence-electron chi connectivity index (χ0n) is 14.0. The highest BCUT2D eigenvalue weighted by Gasteiger charge is 2.16. The second-order valence-corrected chi connectivity index (χ2v) is 6.09. The molecule has 0 atom stereocenters. The van der Waals surface area contributed by atoms with Crippen LogP contribution in [0.15, 0.2) is 30.6 Å². The van der Waals surface area contributed by atoms with Gasteiger partial charge in [0.05, 0.1) is 6.54 Å². The van der Waals surface area contributed by atoms with E-state index in [0.29, 0.717) is 5.69 Å². The van der Waals surface area contributed by atoms with Gasteiger partial charge in [0, 0.05) is 16.3 Å². The van der Waals surface area contributed by atoms with Gasteiger partial charge in [-0.3, -0.25) is 14.8 Å². The Hall–Kier alpha value is -2.88. The Balaban J connectivity index is 1.64. The van der Waals surface area contributed by atoms with Crippen molar-refractivity contribution >= 4 is 23.5 Å². The summed E-state index contributed by atoms with van der Waals surface area (Å²) in [6.45, 7) is 1.33. The van der Waals surface area contributed by atoms with Crippen LogP contribution >= 0.6 is 11.6 Å². The van der Waals surface area contributed by atoms with Crippen molar-refractivity contribution in [2.75, 3.05) is 5.32 Å². The van der Waals surface area contributed by atoms with Crippen molar-refractivity contribution in [2.45, 2.75) is 26.4 Å². The second kappa shape index (κ2) is 7.78. The van der Waals surface area contributed by atoms with Gasteiger partial charge in [0.15, 0.2) is 0 Å². The van der Waals surface area contributed by atoms with Crippen LogP contribution in [-0.2, 0) is 17.9 Å². The average Bonchev–Trinajstić information content (AvgIpc) is 3.18. The van der Waals surface area contributed by atoms with Gasteiger partial charge in [0.1, 0.15) is 24.4 Å². The lowest BCUT2D eigenvalue weighted by Gasteiger charge is -2.05. The van der Waals surface area contributed by atoms with Crippen LogP contribution in [0.25, 0.3) is 0 Å². The number of rotatable bonds is 6. The molecule has 1 N–H and O–H groups in total. The molecule has 0 saturated heterocycles. The van der Waals surface area contributed by atoms with E-state index in [9.17, 15) is 18.0 Å². The third kappa shape index (κ3) is 4.45. The van der Waals surface area contributed by atoms with Crippen LogP contribution in [0, 0.1) is 12.7 Å². The maximum Gasteiger partial charge on any atom is 0.282 e. The van der Waals surface area contributed by atoms with Crippen molar-refractivity contribution in [3.8, 4) is 0 Å². The molecule has 3 rings (SSSR count). The fourth-order valence-corrected chi connectivity index (χ4v) is 2.60. The first-order valence-corrected chi connectivity index (χ1v) is 8.16. The number of alkyl halides is 2. The number of halogens is 4. The summed E-state index contributed by atoms with van der Waals surface area (Å²) in [6, 6.07) is 5.54. The van der Waals surface area contributed by atoms with Crippen LogP contribution in [0.5, 0.6) is 0 Å². The minimum atomic E-state index is -2.71. The lowest BCUT2D eigenvalue weighted by molar-refractivity contribution is -0.117. The molecule has 0 saturated carbocycles. The second-order valence-electron chi connectivity index (χ2n) is 5.68. The van der Waals surface area contributed by atoms with Gasteiger partial charge in [0.2, 0.25) is 11.9 Å². The third-order valence-corrected chi connectivity index (χ3v) is 4.04. The zero-order valence-corrected chi connectivity index (χ0v) is 14.8. The molecule has 27 heavy (non-hydrogen) atoms. The molecular formula is C16H14ClF3N6O. The summed E-state index contributed by atoms with van der Waals surface area (Å²) in [5.74, 6) is -1.03. The van der Waals surface area contributed by atoms with Gasteiger partial charge >= 0.3 is 0 Å². The Morgan fingerprint density at radius 1 is 1.33 bits per heavy atom. The molecule has 0 bridgehead atoms. The molecule has 0 aliphatic rings. The van der Waals surface area contributed by atoms with E-state index in [1.807, 2.05) is 0 Å². The summed E-state index contributed by atoms with van der Waals surface area (Å²) < 4.78 is 41.6. The number of carbonyl (C=O) groups is 1. The summed E-state index contributed by atoms with van der Waals surface area (Å²) in [7, 11) is 0. The first-order valence-electron chi connectivity index (χ1n) is 7.78. The van der Waals surface area contributed by atoms with Gasteiger partial charge in [0.25, 0.3) is 6.43 Å². The highest BCUT2D eigenvalue weighted by Crippen LogP contribution is 2.20. The normalized spacial score (nSPS) is 11.2. The molecule has 3 aromatic rings. The van der Waals surface area contributed by atoms with Crippen LogP contribution < -0.4 is 5.32 Å². The van der Waals surface area contributed by atoms with Gasteiger partial charge in [-0.1, -0.05) is 17.7 Å². The number of nitrogens with zero attached hydrogens (tertiary/aromatic N) is 5. The number of hydrogen-bond acceptors (Lipinski definition) is 4. The van der Waals surface area contributed by atoms with E-state index < -0.39 is 23.8 Å². The lowest BCUT2D eigenvalue weighted by atomic mass is 10.2. The summed E-state index contributed by atoms with van der Waals surface area (Å²) in [4.78, 5) is 16.0. The lowest BCUT2D eigenvalue weighted by Crippen LogP contribution is -2.21. The molecule has 0 fully saturated rings. The largest absolute Gasteiger partial charge is 0.292 e. The van der Waals surface area contributed by atoms with Gasteiger partial charge in [-0.05, 0) is 25.1 Å². The predicted molar refractivity (Wildman–Crippen MR) is 91.1 cm³/mol. The van der Waals surface area contributed by atoms with E-state index >= 15 is 0 Å². The molecule has 2 aromatic heterocycles. The minimum Gasteiger partial charge on any atom is -0.292 e. The molecule has 0 unspecified atom stereocenters. The minimum absolute atomic E-state index is 0.00801. The zero-order chi connectivity index (χ0) is 19.6. The number of hydrogen-bond donors (Lipinski definition) is 1. The quantitative estimate of drug-likeness (QED) is 0.691. The van der Waals surface area contributed by atoms with E-state index in [1.54, 1.807) is 13.0 Å². The van der Waals surface area contributed by atoms with Crippen LogP contribution in [0.3, 0.4) is 0 Å². The Labute approximate surface area is 156 Å². The van der Waals surface area contributed by atoms with Crippen LogP contribution in [-0.4, -0.2) is 30.5 Å². The first kappa shape index (κ1) is 18.9. The number of carbonyl (C=O) groups excluding carboxylic acids is 1. The summed E-state index contributed by atoms with van der Waals surface area (Å²) in [5, 5.41) is 10.4. The summed E-state index contributed by atoms with van der Waals surface area (Å²) >= 11 is 5.97. The summed E-state index contributed by atoms with van der Waals surface area (Å²) in [6.07, 6.45) is -1.40. The number of benzene rings is 1. The average molecular weight is 399 g/mol. The van der Waals surface area contributed by atoms with E-state index in [4.69, 9.17) is 11.6 Å². The van der Waals surface area contributed by atoms with Crippen molar-refractivity contribution in [1.82, 2.24) is 24.5 Å². The van der Waals surface area contributed by atoms with Gasteiger partial charge in [-0.2, -0.15) is 5.10 Å². The Morgan fingerprint density at radius 3 is 2.78 bits per heavy atom. The highest BCUT2D eigenvalue weighted by molar-refractivity contribution is 6.31. The highest BCUT2D eigenvalue weighted by atomic mass is 35.5. The SMILES string of the molecule is Cc1cc(C(F)F)nn1CC(=O)Nc1ncn(Cc2c(F)cccc2Cl)n1. The standard InChI is InChI=1S/C16H14ClF3N6O/c1-9-5-13(15(19)20)23-26(9)7-14(27)22-16-21-8-25(24-16)6-10-11(17)3-2-4-12(10)18/h2-5,8,15H,6-7H2,1H3,(H,22,24,27). The molecule has 11 heteroatoms. The monoisotopic (exact) mass is 398 g/mol. The molecule has 0 aliphatic carbocycles. The molecule has 1 aromatic carbocycles. The van der Waals surface area contributed by atoms with Crippen molar-refractivity contribution in [1.29, 1.82) is 0 Å². The fourth-order valence-electron chi connectivity index (χ4n) is 2.38. The third-order valence-electron chi connectivity index (χ3n) is 3.69. The Morgan fingerprint density at radius 2 is 2.11 bits per heavy atom. The Bertz CT molecular complexity index is 951. The molecule has 0 radical (unpaired) electrons. The van der Waals surface area contributed by atoms with E-state index in [0.717, 1.165) is 4.68 Å². The number of aryl methyl sites for hydroxylation is 1. The van der Waals surface area contributed by atoms with E-state index in [2.05, 4.69) is 20.5 Å². The molecular weight excluding hydrogens is 385 g/mol. The number of aromatic nitrogens is 5. The van der Waals surface area contributed by atoms with Crippen LogP contribution in [0.2, 0.25) is 5.02 Å². The van der Waals surface area contributed by atoms with Gasteiger partial charge in [-0.15, -0.1) is 5.10 Å². The van der Waals surface area contributed by atoms with Gasteiger partial charge in [-0.25, -0.2) is 22.8 Å². The maximum atomic E-state index is 13.8. The number of anilines is 1. The maximum absolute atomic E-state index is 13.8. The predicted octanol–water partition coefficient (Wildman–Crippen LogP) is 3.20. The summed E-state index contributed by atoms with van der Waals surface area (Å²) in [5.41, 5.74) is 0.270. The fraction of sp³-hybridized carbons (Fsp3) is 0.250. The van der Waals surface area contributed by atoms with Crippen molar-refractivity contribution in [3.63, 3.8) is 0 Å². The molecule has 142 valence electrons. The van der Waals surface area contributed by atoms with Crippen LogP contribution in [0.1, 0.15) is 23.4 Å². The Kier molecular flexibility index (Phi) is 5.45. The van der Waals surface area contributed by atoms with Crippen molar-refractivity contribution in [3.05, 3.63) is 58.4 Å². The van der Waals surface area contributed by atoms with Crippen LogP contribution in [0.4, 0.5) is 19.1 Å². The molecule has 0 aliphatic heterocycles. The molecule has 1 amide bonds. The van der Waals surface area contributed by atoms with Crippen molar-refractivity contribution < 1.29 is 18.0 Å². The van der Waals surface area contributed by atoms with E-state index in [1.165, 1.54) is 29.2 Å². The molecule has 2 heterocycles. The van der Waals surface area contributed by atoms with Crippen molar-refractivity contribution in [2.24, 2.45) is 0 Å². The smallest absolute Gasteiger partial charge is 0.282 e. The molecule has 0 spiro atoms. The molecule has 7 nitrogen and oxygen atoms in total. The topological polar surface area (TPSA) is 77.6 Å². The number of amides is 1.